The van der Waals surface area contributed by atoms with Crippen molar-refractivity contribution in [1.29, 1.82) is 0 Å². The number of aliphatic hydroxyl groups is 3. The fourth-order valence-corrected chi connectivity index (χ4v) is 7.08. The Balaban J connectivity index is 1.73. The molecule has 0 aliphatic heterocycles. The molecule has 0 heterocycles. The molecule has 4 aliphatic rings. The van der Waals surface area contributed by atoms with Gasteiger partial charge in [-0.2, -0.15) is 0 Å². The van der Waals surface area contributed by atoms with Crippen LogP contribution < -0.4 is 0 Å². The van der Waals surface area contributed by atoms with Gasteiger partial charge in [-0.25, -0.2) is 4.39 Å². The van der Waals surface area contributed by atoms with E-state index in [0.717, 1.165) is 31.3 Å². The van der Waals surface area contributed by atoms with Gasteiger partial charge in [-0.1, -0.05) is 19.8 Å². The van der Waals surface area contributed by atoms with E-state index in [-0.39, 0.29) is 17.2 Å². The molecule has 138 valence electrons. The lowest BCUT2D eigenvalue weighted by Crippen LogP contribution is -2.56. The molecule has 0 amide bonds. The number of aliphatic hydroxyl groups excluding tert-OH is 2. The first-order valence-electron chi connectivity index (χ1n) is 9.64. The number of fused-ring (bicyclic) bond motifs is 5. The Bertz CT molecular complexity index is 667. The molecule has 0 saturated heterocycles. The molecular formula is C21H29FO3. The van der Waals surface area contributed by atoms with Crippen molar-refractivity contribution in [2.24, 2.45) is 28.6 Å². The second-order valence-electron chi connectivity index (χ2n) is 9.33. The molecule has 3 fully saturated rings. The van der Waals surface area contributed by atoms with Crippen molar-refractivity contribution in [3.05, 3.63) is 11.4 Å². The topological polar surface area (TPSA) is 60.7 Å². The number of halogens is 1. The maximum Gasteiger partial charge on any atom is 0.156 e. The zero-order valence-electron chi connectivity index (χ0n) is 15.1. The lowest BCUT2D eigenvalue weighted by atomic mass is 9.46. The van der Waals surface area contributed by atoms with Gasteiger partial charge < -0.3 is 15.3 Å². The zero-order chi connectivity index (χ0) is 18.2. The summed E-state index contributed by atoms with van der Waals surface area (Å²) in [6, 6.07) is 0. The van der Waals surface area contributed by atoms with Crippen molar-refractivity contribution < 1.29 is 19.7 Å². The van der Waals surface area contributed by atoms with Gasteiger partial charge >= 0.3 is 0 Å². The van der Waals surface area contributed by atoms with Crippen molar-refractivity contribution in [3.63, 3.8) is 0 Å². The highest BCUT2D eigenvalue weighted by atomic mass is 19.1. The maximum absolute atomic E-state index is 14.6. The summed E-state index contributed by atoms with van der Waals surface area (Å²) in [6.07, 6.45) is 8.79. The molecule has 0 spiro atoms. The largest absolute Gasteiger partial charge is 0.389 e. The van der Waals surface area contributed by atoms with E-state index in [1.54, 1.807) is 0 Å². The molecular weight excluding hydrogens is 319 g/mol. The van der Waals surface area contributed by atoms with E-state index < -0.39 is 23.2 Å². The normalized spacial score (nSPS) is 55.2. The van der Waals surface area contributed by atoms with Crippen LogP contribution in [0.25, 0.3) is 0 Å². The van der Waals surface area contributed by atoms with Gasteiger partial charge in [-0.3, -0.25) is 0 Å². The molecule has 0 bridgehead atoms. The number of terminal acetylenes is 1. The number of hydrogen-bond acceptors (Lipinski definition) is 3. The minimum atomic E-state index is -1.46. The number of allylic oxidation sites excluding steroid dienone is 1. The zero-order valence-corrected chi connectivity index (χ0v) is 15.1. The summed E-state index contributed by atoms with van der Waals surface area (Å²) < 4.78 is 14.6. The van der Waals surface area contributed by atoms with Crippen molar-refractivity contribution in [2.45, 2.75) is 76.6 Å². The lowest BCUT2D eigenvalue weighted by molar-refractivity contribution is -0.122. The van der Waals surface area contributed by atoms with Crippen LogP contribution in [-0.4, -0.2) is 33.1 Å². The second-order valence-corrected chi connectivity index (χ2v) is 9.33. The summed E-state index contributed by atoms with van der Waals surface area (Å²) >= 11 is 0. The Hall–Kier alpha value is -0.890. The van der Waals surface area contributed by atoms with Crippen LogP contribution in [0.4, 0.5) is 4.39 Å². The molecule has 0 aromatic carbocycles. The van der Waals surface area contributed by atoms with Gasteiger partial charge in [0.25, 0.3) is 0 Å². The van der Waals surface area contributed by atoms with Crippen molar-refractivity contribution >= 4 is 0 Å². The molecule has 3 N–H and O–H groups in total. The van der Waals surface area contributed by atoms with Crippen LogP contribution in [0, 0.1) is 40.9 Å². The first-order valence-corrected chi connectivity index (χ1v) is 9.64. The summed E-state index contributed by atoms with van der Waals surface area (Å²) in [5, 5.41) is 31.4. The van der Waals surface area contributed by atoms with Gasteiger partial charge in [0.2, 0.25) is 0 Å². The Labute approximate surface area is 149 Å². The average molecular weight is 348 g/mol. The van der Waals surface area contributed by atoms with Gasteiger partial charge in [-0.05, 0) is 73.7 Å². The van der Waals surface area contributed by atoms with E-state index in [1.807, 2.05) is 6.92 Å². The summed E-state index contributed by atoms with van der Waals surface area (Å²) in [6.45, 7) is 4.19. The van der Waals surface area contributed by atoms with Crippen LogP contribution in [0.2, 0.25) is 0 Å². The highest BCUT2D eigenvalue weighted by Gasteiger charge is 2.67. The third-order valence-corrected chi connectivity index (χ3v) is 8.63. The SMILES string of the molecule is C#C[C@]1(O)[C@H](O)C[C@H]2[C@@H]3CCC4=C(F)[C@@H](O)CC[C@]4(C)[C@H]3CC[C@@]21C. The van der Waals surface area contributed by atoms with Gasteiger partial charge in [0.05, 0.1) is 6.10 Å². The molecule has 0 aromatic heterocycles. The molecule has 8 atom stereocenters. The minimum Gasteiger partial charge on any atom is -0.389 e. The van der Waals surface area contributed by atoms with E-state index >= 15 is 0 Å². The minimum absolute atomic E-state index is 0.163. The summed E-state index contributed by atoms with van der Waals surface area (Å²) in [5.41, 5.74) is -1.34. The van der Waals surface area contributed by atoms with Crippen molar-refractivity contribution in [2.75, 3.05) is 0 Å². The highest BCUT2D eigenvalue weighted by molar-refractivity contribution is 5.31. The molecule has 3 nitrogen and oxygen atoms in total. The average Bonchev–Trinajstić information content (AvgIpc) is 2.79. The van der Waals surface area contributed by atoms with Crippen LogP contribution >= 0.6 is 0 Å². The van der Waals surface area contributed by atoms with Gasteiger partial charge in [0.15, 0.2) is 5.60 Å². The number of hydrogen-bond donors (Lipinski definition) is 3. The fourth-order valence-electron chi connectivity index (χ4n) is 7.08. The van der Waals surface area contributed by atoms with Crippen LogP contribution in [0.1, 0.15) is 58.8 Å². The Kier molecular flexibility index (Phi) is 3.72. The molecule has 4 rings (SSSR count). The Morgan fingerprint density at radius 2 is 1.84 bits per heavy atom. The summed E-state index contributed by atoms with van der Waals surface area (Å²) in [7, 11) is 0. The van der Waals surface area contributed by atoms with E-state index in [1.165, 1.54) is 0 Å². The van der Waals surface area contributed by atoms with Gasteiger partial charge in [0.1, 0.15) is 11.9 Å². The predicted octanol–water partition coefficient (Wildman–Crippen LogP) is 2.94. The summed E-state index contributed by atoms with van der Waals surface area (Å²) in [4.78, 5) is 0. The second kappa shape index (κ2) is 5.31. The van der Waals surface area contributed by atoms with Crippen molar-refractivity contribution in [1.82, 2.24) is 0 Å². The first kappa shape index (κ1) is 17.5. The highest BCUT2D eigenvalue weighted by Crippen LogP contribution is 2.67. The van der Waals surface area contributed by atoms with Crippen molar-refractivity contribution in [3.8, 4) is 12.3 Å². The van der Waals surface area contributed by atoms with Gasteiger partial charge in [0, 0.05) is 5.41 Å². The maximum atomic E-state index is 14.6. The molecule has 0 radical (unpaired) electrons. The van der Waals surface area contributed by atoms with Crippen LogP contribution in [0.3, 0.4) is 0 Å². The van der Waals surface area contributed by atoms with Crippen LogP contribution in [0.5, 0.6) is 0 Å². The van der Waals surface area contributed by atoms with Crippen LogP contribution in [-0.2, 0) is 0 Å². The Morgan fingerprint density at radius 1 is 1.12 bits per heavy atom. The third kappa shape index (κ3) is 1.98. The molecule has 0 aromatic rings. The van der Waals surface area contributed by atoms with E-state index in [4.69, 9.17) is 6.42 Å². The quantitative estimate of drug-likeness (QED) is 0.590. The van der Waals surface area contributed by atoms with E-state index in [0.29, 0.717) is 31.1 Å². The summed E-state index contributed by atoms with van der Waals surface area (Å²) in [5.74, 6) is 3.04. The standard InChI is InChI=1S/C21H29FO3/c1-4-21(25)17(24)11-15-12-5-6-14-18(22)16(23)8-9-19(14,2)13(12)7-10-20(15,21)3/h1,12-13,15-17,23-25H,5-11H2,2-3H3/t12-,13+,15+,16+,17-,19-,20+,21+/m1/s1. The Morgan fingerprint density at radius 3 is 2.52 bits per heavy atom. The molecule has 3 saturated carbocycles. The van der Waals surface area contributed by atoms with Crippen LogP contribution in [0.15, 0.2) is 11.4 Å². The molecule has 4 aliphatic carbocycles. The monoisotopic (exact) mass is 348 g/mol. The predicted molar refractivity (Wildman–Crippen MR) is 92.9 cm³/mol. The molecule has 4 heteroatoms. The van der Waals surface area contributed by atoms with Gasteiger partial charge in [-0.15, -0.1) is 6.42 Å². The smallest absolute Gasteiger partial charge is 0.156 e. The van der Waals surface area contributed by atoms with E-state index in [9.17, 15) is 19.7 Å². The fraction of sp³-hybridized carbons (Fsp3) is 0.810. The molecule has 25 heavy (non-hydrogen) atoms. The van der Waals surface area contributed by atoms with E-state index in [2.05, 4.69) is 12.8 Å². The lowest BCUT2D eigenvalue weighted by Gasteiger charge is -2.58. The molecule has 0 unspecified atom stereocenters. The number of rotatable bonds is 0. The first-order chi connectivity index (χ1) is 11.7. The third-order valence-electron chi connectivity index (χ3n) is 8.63.